The van der Waals surface area contributed by atoms with Crippen LogP contribution in [-0.2, 0) is 24.6 Å². The lowest BCUT2D eigenvalue weighted by molar-refractivity contribution is 0.0832. The van der Waals surface area contributed by atoms with Crippen LogP contribution in [0.5, 0.6) is 0 Å². The van der Waals surface area contributed by atoms with Gasteiger partial charge in [-0.05, 0) is 60.7 Å². The molecule has 0 bridgehead atoms. The van der Waals surface area contributed by atoms with Crippen molar-refractivity contribution < 1.29 is 26.0 Å². The summed E-state index contributed by atoms with van der Waals surface area (Å²) >= 11 is 0. The molecule has 1 aliphatic heterocycles. The summed E-state index contributed by atoms with van der Waals surface area (Å²) in [5.41, 5.74) is 0.530. The van der Waals surface area contributed by atoms with Crippen LogP contribution in [0.2, 0.25) is 0 Å². The molecule has 2 aromatic rings. The topological polar surface area (TPSA) is 89.5 Å². The fraction of sp³-hybridized carbons (Fsp3) is 0.400. The van der Waals surface area contributed by atoms with Crippen LogP contribution in [0.15, 0.2) is 57.2 Å². The van der Waals surface area contributed by atoms with Gasteiger partial charge in [0.25, 0.3) is 0 Å². The van der Waals surface area contributed by atoms with Crippen LogP contribution in [0.1, 0.15) is 38.2 Å². The summed E-state index contributed by atoms with van der Waals surface area (Å²) in [5, 5.41) is 0. The Hall–Kier alpha value is -1.81. The summed E-state index contributed by atoms with van der Waals surface area (Å²) in [7, 11) is -7.93. The molecule has 0 aliphatic carbocycles. The quantitative estimate of drug-likeness (QED) is 0.695. The molecule has 0 amide bonds. The van der Waals surface area contributed by atoms with Crippen molar-refractivity contribution in [2.24, 2.45) is 0 Å². The van der Waals surface area contributed by atoms with Crippen LogP contribution in [0.25, 0.3) is 0 Å². The molecule has 29 heavy (non-hydrogen) atoms. The molecule has 1 saturated heterocycles. The zero-order chi connectivity index (χ0) is 21.2. The van der Waals surface area contributed by atoms with E-state index in [9.17, 15) is 21.2 Å². The number of hydrogen-bond acceptors (Lipinski definition) is 5. The minimum absolute atomic E-state index is 0.0535. The van der Waals surface area contributed by atoms with Gasteiger partial charge in [0.05, 0.1) is 14.7 Å². The van der Waals surface area contributed by atoms with E-state index in [4.69, 9.17) is 4.74 Å². The van der Waals surface area contributed by atoms with E-state index in [1.54, 1.807) is 0 Å². The van der Waals surface area contributed by atoms with E-state index < -0.39 is 25.7 Å². The lowest BCUT2D eigenvalue weighted by atomic mass is 10.0. The second-order valence-electron chi connectivity index (χ2n) is 7.32. The van der Waals surface area contributed by atoms with Crippen molar-refractivity contribution >= 4 is 19.9 Å². The molecule has 9 heteroatoms. The molecular weight excluding hydrogens is 417 g/mol. The normalized spacial score (nSPS) is 16.3. The maximum Gasteiger partial charge on any atom is 0.241 e. The molecule has 3 rings (SSSR count). The molecule has 6 nitrogen and oxygen atoms in total. The lowest BCUT2D eigenvalue weighted by Crippen LogP contribution is -2.39. The van der Waals surface area contributed by atoms with Crippen molar-refractivity contribution in [1.29, 1.82) is 0 Å². The van der Waals surface area contributed by atoms with Gasteiger partial charge in [0.1, 0.15) is 5.82 Å². The highest BCUT2D eigenvalue weighted by atomic mass is 32.2. The van der Waals surface area contributed by atoms with Crippen molar-refractivity contribution in [2.45, 2.75) is 53.3 Å². The summed E-state index contributed by atoms with van der Waals surface area (Å²) in [5.74, 6) is -0.679. The number of sulfone groups is 1. The predicted molar refractivity (Wildman–Crippen MR) is 107 cm³/mol. The first-order valence-corrected chi connectivity index (χ1v) is 12.3. The summed E-state index contributed by atoms with van der Waals surface area (Å²) in [6.45, 7) is 4.64. The van der Waals surface area contributed by atoms with Crippen molar-refractivity contribution in [1.82, 2.24) is 4.72 Å². The van der Waals surface area contributed by atoms with Crippen molar-refractivity contribution in [2.75, 3.05) is 13.2 Å². The molecule has 1 aliphatic rings. The molecule has 1 fully saturated rings. The van der Waals surface area contributed by atoms with E-state index in [-0.39, 0.29) is 26.6 Å². The number of halogens is 1. The van der Waals surface area contributed by atoms with Crippen LogP contribution in [0, 0.1) is 5.82 Å². The monoisotopic (exact) mass is 441 g/mol. The van der Waals surface area contributed by atoms with Gasteiger partial charge in [0, 0.05) is 19.3 Å². The van der Waals surface area contributed by atoms with E-state index in [1.165, 1.54) is 18.2 Å². The third kappa shape index (κ3) is 4.85. The maximum absolute atomic E-state index is 13.2. The van der Waals surface area contributed by atoms with Gasteiger partial charge in [-0.15, -0.1) is 0 Å². The van der Waals surface area contributed by atoms with E-state index in [1.807, 2.05) is 13.8 Å². The van der Waals surface area contributed by atoms with Crippen LogP contribution >= 0.6 is 0 Å². The highest BCUT2D eigenvalue weighted by Gasteiger charge is 2.28. The minimum Gasteiger partial charge on any atom is -0.381 e. The number of benzene rings is 2. The minimum atomic E-state index is -3.99. The second kappa shape index (κ2) is 8.51. The largest absolute Gasteiger partial charge is 0.381 e. The third-order valence-corrected chi connectivity index (χ3v) is 8.22. The number of ether oxygens (including phenoxy) is 1. The fourth-order valence-electron chi connectivity index (χ4n) is 3.24. The van der Waals surface area contributed by atoms with Gasteiger partial charge < -0.3 is 4.74 Å². The lowest BCUT2D eigenvalue weighted by Gasteiger charge is -2.24. The number of hydrogen-bond donors (Lipinski definition) is 1. The molecular formula is C20H24FNO5S2. The number of sulfonamides is 1. The second-order valence-corrected chi connectivity index (χ2v) is 11.0. The standard InChI is InChI=1S/C20H24FNO5S2/c1-14(2)19-8-7-18(28(23,24)17-5-3-15(21)4-6-17)13-20(19)29(25,26)22-16-9-11-27-12-10-16/h3-8,13-14,16,22H,9-12H2,1-2H3. The summed E-state index contributed by atoms with van der Waals surface area (Å²) in [6.07, 6.45) is 1.12. The smallest absolute Gasteiger partial charge is 0.241 e. The first-order chi connectivity index (χ1) is 13.6. The summed E-state index contributed by atoms with van der Waals surface area (Å²) < 4.78 is 73.2. The van der Waals surface area contributed by atoms with Crippen LogP contribution < -0.4 is 4.72 Å². The van der Waals surface area contributed by atoms with Gasteiger partial charge in [-0.1, -0.05) is 19.9 Å². The predicted octanol–water partition coefficient (Wildman–Crippen LogP) is 3.24. The number of rotatable bonds is 6. The SMILES string of the molecule is CC(C)c1ccc(S(=O)(=O)c2ccc(F)cc2)cc1S(=O)(=O)NC1CCOCC1. The van der Waals surface area contributed by atoms with Crippen molar-refractivity contribution in [3.63, 3.8) is 0 Å². The molecule has 0 radical (unpaired) electrons. The van der Waals surface area contributed by atoms with Gasteiger partial charge in [-0.3, -0.25) is 0 Å². The highest BCUT2D eigenvalue weighted by molar-refractivity contribution is 7.91. The Morgan fingerprint density at radius 3 is 2.14 bits per heavy atom. The summed E-state index contributed by atoms with van der Waals surface area (Å²) in [6, 6.07) is 8.28. The molecule has 0 aromatic heterocycles. The van der Waals surface area contributed by atoms with Gasteiger partial charge >= 0.3 is 0 Å². The number of nitrogens with one attached hydrogen (secondary N) is 1. The Morgan fingerprint density at radius 1 is 0.966 bits per heavy atom. The maximum atomic E-state index is 13.2. The Labute approximate surface area is 171 Å². The van der Waals surface area contributed by atoms with Crippen LogP contribution in [0.4, 0.5) is 4.39 Å². The summed E-state index contributed by atoms with van der Waals surface area (Å²) in [4.78, 5) is -0.306. The average molecular weight is 442 g/mol. The zero-order valence-electron chi connectivity index (χ0n) is 16.3. The van der Waals surface area contributed by atoms with Crippen LogP contribution in [-0.4, -0.2) is 36.1 Å². The zero-order valence-corrected chi connectivity index (χ0v) is 17.9. The Morgan fingerprint density at radius 2 is 1.55 bits per heavy atom. The molecule has 0 atom stereocenters. The van der Waals surface area contributed by atoms with Gasteiger partial charge in [0.15, 0.2) is 0 Å². The highest BCUT2D eigenvalue weighted by Crippen LogP contribution is 2.30. The molecule has 2 aromatic carbocycles. The van der Waals surface area contributed by atoms with Crippen molar-refractivity contribution in [3.8, 4) is 0 Å². The first kappa shape index (κ1) is 21.9. The molecule has 1 heterocycles. The average Bonchev–Trinajstić information content (AvgIpc) is 2.68. The third-order valence-electron chi connectivity index (χ3n) is 4.87. The van der Waals surface area contributed by atoms with E-state index >= 15 is 0 Å². The molecule has 1 N–H and O–H groups in total. The fourth-order valence-corrected chi connectivity index (χ4v) is 6.30. The van der Waals surface area contributed by atoms with E-state index in [0.29, 0.717) is 31.6 Å². The van der Waals surface area contributed by atoms with Crippen LogP contribution in [0.3, 0.4) is 0 Å². The van der Waals surface area contributed by atoms with Gasteiger partial charge in [-0.2, -0.15) is 0 Å². The molecule has 158 valence electrons. The van der Waals surface area contributed by atoms with E-state index in [2.05, 4.69) is 4.72 Å². The first-order valence-electron chi connectivity index (χ1n) is 9.36. The molecule has 0 unspecified atom stereocenters. The van der Waals surface area contributed by atoms with Gasteiger partial charge in [-0.25, -0.2) is 25.9 Å². The van der Waals surface area contributed by atoms with Crippen molar-refractivity contribution in [3.05, 3.63) is 53.8 Å². The Kier molecular flexibility index (Phi) is 6.42. The Balaban J connectivity index is 2.05. The van der Waals surface area contributed by atoms with E-state index in [0.717, 1.165) is 24.3 Å². The molecule has 0 saturated carbocycles. The van der Waals surface area contributed by atoms with Gasteiger partial charge in [0.2, 0.25) is 19.9 Å². The Bertz CT molecular complexity index is 1070. The molecule has 0 spiro atoms.